The smallest absolute Gasteiger partial charge is 0.277 e. The average molecular weight is 322 g/mol. The van der Waals surface area contributed by atoms with Gasteiger partial charge < -0.3 is 18.6 Å². The summed E-state index contributed by atoms with van der Waals surface area (Å²) in [6, 6.07) is 1.78. The maximum Gasteiger partial charge on any atom is 0.277 e. The van der Waals surface area contributed by atoms with Crippen LogP contribution in [0.15, 0.2) is 26.4 Å². The second-order valence-corrected chi connectivity index (χ2v) is 6.16. The topological polar surface area (TPSA) is 75.6 Å². The van der Waals surface area contributed by atoms with E-state index in [1.54, 1.807) is 12.3 Å². The van der Waals surface area contributed by atoms with Gasteiger partial charge in [-0.15, -0.1) is 10.2 Å². The fourth-order valence-electron chi connectivity index (χ4n) is 2.25. The van der Waals surface area contributed by atoms with Crippen molar-refractivity contribution in [3.63, 3.8) is 0 Å². The van der Waals surface area contributed by atoms with Crippen LogP contribution >= 0.6 is 11.8 Å². The highest BCUT2D eigenvalue weighted by Crippen LogP contribution is 2.26. The van der Waals surface area contributed by atoms with E-state index >= 15 is 0 Å². The lowest BCUT2D eigenvalue weighted by molar-refractivity contribution is -0.129. The van der Waals surface area contributed by atoms with Crippen molar-refractivity contribution < 1.29 is 13.6 Å². The molecule has 1 fully saturated rings. The van der Waals surface area contributed by atoms with Crippen LogP contribution in [0.2, 0.25) is 0 Å². The van der Waals surface area contributed by atoms with Gasteiger partial charge in [-0.3, -0.25) is 4.79 Å². The van der Waals surface area contributed by atoms with Crippen LogP contribution < -0.4 is 0 Å². The molecule has 0 atom stereocenters. The number of rotatable bonds is 4. The molecular formula is C14H18N4O3S. The van der Waals surface area contributed by atoms with Crippen molar-refractivity contribution in [2.45, 2.75) is 12.1 Å². The minimum Gasteiger partial charge on any atom is -0.469 e. The molecule has 1 amide bonds. The summed E-state index contributed by atoms with van der Waals surface area (Å²) in [5.74, 6) is 1.57. The van der Waals surface area contributed by atoms with E-state index in [1.165, 1.54) is 11.8 Å². The number of aryl methyl sites for hydroxylation is 1. The zero-order valence-electron chi connectivity index (χ0n) is 12.6. The van der Waals surface area contributed by atoms with Crippen molar-refractivity contribution >= 4 is 17.7 Å². The minimum absolute atomic E-state index is 0.109. The Hall–Kier alpha value is -1.80. The summed E-state index contributed by atoms with van der Waals surface area (Å²) in [4.78, 5) is 16.2. The Morgan fingerprint density at radius 3 is 2.77 bits per heavy atom. The maximum absolute atomic E-state index is 12.1. The quantitative estimate of drug-likeness (QED) is 0.790. The molecule has 3 heterocycles. The number of piperazine rings is 1. The first-order valence-electron chi connectivity index (χ1n) is 7.10. The molecule has 22 heavy (non-hydrogen) atoms. The van der Waals surface area contributed by atoms with Gasteiger partial charge in [0, 0.05) is 26.2 Å². The van der Waals surface area contributed by atoms with E-state index in [-0.39, 0.29) is 5.91 Å². The van der Waals surface area contributed by atoms with Gasteiger partial charge in [0.15, 0.2) is 0 Å². The fourth-order valence-corrected chi connectivity index (χ4v) is 2.92. The van der Waals surface area contributed by atoms with E-state index in [1.807, 2.05) is 11.8 Å². The number of hydrogen-bond donors (Lipinski definition) is 0. The van der Waals surface area contributed by atoms with Crippen LogP contribution in [-0.2, 0) is 4.79 Å². The molecule has 8 heteroatoms. The van der Waals surface area contributed by atoms with Crippen LogP contribution in [0.4, 0.5) is 0 Å². The molecule has 1 aliphatic rings. The Bertz CT molecular complexity index is 646. The maximum atomic E-state index is 12.1. The molecule has 0 bridgehead atoms. The number of thioether (sulfide) groups is 1. The Kier molecular flexibility index (Phi) is 4.49. The number of likely N-dealkylation sites (N-methyl/N-ethyl adjacent to an activating group) is 1. The standard InChI is InChI=1S/C14H18N4O3S/c1-10-11(3-8-20-10)13-15-16-14(21-13)22-9-12(19)18-6-4-17(2)5-7-18/h3,8H,4-7,9H2,1-2H3. The highest BCUT2D eigenvalue weighted by molar-refractivity contribution is 7.99. The van der Waals surface area contributed by atoms with Gasteiger partial charge in [-0.1, -0.05) is 11.8 Å². The average Bonchev–Trinajstić information content (AvgIpc) is 3.14. The van der Waals surface area contributed by atoms with Gasteiger partial charge in [-0.25, -0.2) is 0 Å². The normalized spacial score (nSPS) is 16.2. The molecular weight excluding hydrogens is 304 g/mol. The highest BCUT2D eigenvalue weighted by Gasteiger charge is 2.20. The second kappa shape index (κ2) is 6.53. The van der Waals surface area contributed by atoms with Gasteiger partial charge in [0.1, 0.15) is 5.76 Å². The monoisotopic (exact) mass is 322 g/mol. The van der Waals surface area contributed by atoms with Crippen LogP contribution in [0, 0.1) is 6.92 Å². The number of nitrogens with zero attached hydrogens (tertiary/aromatic N) is 4. The molecule has 2 aromatic rings. The summed E-state index contributed by atoms with van der Waals surface area (Å²) in [7, 11) is 2.06. The Morgan fingerprint density at radius 1 is 1.32 bits per heavy atom. The Labute approximate surface area is 132 Å². The van der Waals surface area contributed by atoms with Gasteiger partial charge in [-0.05, 0) is 20.0 Å². The zero-order valence-corrected chi connectivity index (χ0v) is 13.4. The van der Waals surface area contributed by atoms with Crippen molar-refractivity contribution in [3.05, 3.63) is 18.1 Å². The van der Waals surface area contributed by atoms with Gasteiger partial charge in [0.25, 0.3) is 11.1 Å². The fraction of sp³-hybridized carbons (Fsp3) is 0.500. The first kappa shape index (κ1) is 15.1. The van der Waals surface area contributed by atoms with Gasteiger partial charge in [0.2, 0.25) is 5.91 Å². The molecule has 0 aliphatic carbocycles. The van der Waals surface area contributed by atoms with Crippen molar-refractivity contribution in [1.82, 2.24) is 20.0 Å². The molecule has 3 rings (SSSR count). The SMILES string of the molecule is Cc1occc1-c1nnc(SCC(=O)N2CCN(C)CC2)o1. The molecule has 1 saturated heterocycles. The molecule has 0 unspecified atom stereocenters. The lowest BCUT2D eigenvalue weighted by Crippen LogP contribution is -2.47. The molecule has 0 spiro atoms. The van der Waals surface area contributed by atoms with Crippen molar-refractivity contribution in [1.29, 1.82) is 0 Å². The summed E-state index contributed by atoms with van der Waals surface area (Å²) >= 11 is 1.27. The van der Waals surface area contributed by atoms with E-state index in [9.17, 15) is 4.79 Å². The molecule has 0 radical (unpaired) electrons. The number of amides is 1. The van der Waals surface area contributed by atoms with E-state index in [2.05, 4.69) is 22.1 Å². The Balaban J connectivity index is 1.55. The van der Waals surface area contributed by atoms with E-state index < -0.39 is 0 Å². The van der Waals surface area contributed by atoms with Crippen LogP contribution in [0.25, 0.3) is 11.5 Å². The molecule has 1 aliphatic heterocycles. The largest absolute Gasteiger partial charge is 0.469 e. The minimum atomic E-state index is 0.109. The van der Waals surface area contributed by atoms with Crippen LogP contribution in [-0.4, -0.2) is 64.9 Å². The zero-order chi connectivity index (χ0) is 15.5. The van der Waals surface area contributed by atoms with Crippen molar-refractivity contribution in [3.8, 4) is 11.5 Å². The third-order valence-electron chi connectivity index (χ3n) is 3.67. The van der Waals surface area contributed by atoms with Crippen LogP contribution in [0.3, 0.4) is 0 Å². The molecule has 7 nitrogen and oxygen atoms in total. The summed E-state index contributed by atoms with van der Waals surface area (Å²) < 4.78 is 10.8. The second-order valence-electron chi connectivity index (χ2n) is 5.24. The van der Waals surface area contributed by atoms with Crippen molar-refractivity contribution in [2.75, 3.05) is 39.0 Å². The number of furan rings is 1. The summed E-state index contributed by atoms with van der Waals surface area (Å²) in [6.45, 7) is 5.23. The summed E-state index contributed by atoms with van der Waals surface area (Å²) in [6.07, 6.45) is 1.58. The predicted octanol–water partition coefficient (Wildman–Crippen LogP) is 1.50. The van der Waals surface area contributed by atoms with E-state index in [0.717, 1.165) is 37.5 Å². The first-order valence-corrected chi connectivity index (χ1v) is 8.09. The van der Waals surface area contributed by atoms with Crippen LogP contribution in [0.5, 0.6) is 0 Å². The Morgan fingerprint density at radius 2 is 2.09 bits per heavy atom. The molecule has 2 aromatic heterocycles. The van der Waals surface area contributed by atoms with Gasteiger partial charge in [-0.2, -0.15) is 0 Å². The summed E-state index contributed by atoms with van der Waals surface area (Å²) in [5, 5.41) is 8.36. The predicted molar refractivity (Wildman–Crippen MR) is 81.5 cm³/mol. The molecule has 118 valence electrons. The van der Waals surface area contributed by atoms with E-state index in [4.69, 9.17) is 8.83 Å². The number of carbonyl (C=O) groups excluding carboxylic acids is 1. The lowest BCUT2D eigenvalue weighted by atomic mass is 10.3. The van der Waals surface area contributed by atoms with Crippen molar-refractivity contribution in [2.24, 2.45) is 0 Å². The van der Waals surface area contributed by atoms with E-state index in [0.29, 0.717) is 16.9 Å². The molecule has 0 aromatic carbocycles. The highest BCUT2D eigenvalue weighted by atomic mass is 32.2. The number of carbonyl (C=O) groups is 1. The van der Waals surface area contributed by atoms with Gasteiger partial charge in [0.05, 0.1) is 17.6 Å². The summed E-state index contributed by atoms with van der Waals surface area (Å²) in [5.41, 5.74) is 0.782. The number of hydrogen-bond acceptors (Lipinski definition) is 7. The van der Waals surface area contributed by atoms with Gasteiger partial charge >= 0.3 is 0 Å². The van der Waals surface area contributed by atoms with Crippen LogP contribution in [0.1, 0.15) is 5.76 Å². The molecule has 0 saturated carbocycles. The molecule has 0 N–H and O–H groups in total. The third kappa shape index (κ3) is 3.33. The first-order chi connectivity index (χ1) is 10.6. The lowest BCUT2D eigenvalue weighted by Gasteiger charge is -2.32. The third-order valence-corrected chi connectivity index (χ3v) is 4.47. The number of aromatic nitrogens is 2.